The summed E-state index contributed by atoms with van der Waals surface area (Å²) in [5, 5.41) is 12.8. The van der Waals surface area contributed by atoms with Gasteiger partial charge in [0.15, 0.2) is 0 Å². The monoisotopic (exact) mass is 272 g/mol. The van der Waals surface area contributed by atoms with Gasteiger partial charge in [-0.15, -0.1) is 0 Å². The molecule has 2 nitrogen and oxygen atoms in total. The van der Waals surface area contributed by atoms with Crippen molar-refractivity contribution < 1.29 is 9.84 Å². The molecule has 0 saturated carbocycles. The first-order valence-corrected chi connectivity index (χ1v) is 7.92. The lowest BCUT2D eigenvalue weighted by Crippen LogP contribution is -2.30. The molecule has 2 aromatic carbocycles. The highest BCUT2D eigenvalue weighted by atomic mass is 31.1. The molecule has 3 heteroatoms. The van der Waals surface area contributed by atoms with E-state index in [9.17, 15) is 5.11 Å². The van der Waals surface area contributed by atoms with E-state index in [0.29, 0.717) is 13.2 Å². The summed E-state index contributed by atoms with van der Waals surface area (Å²) in [6.45, 7) is 1.11. The molecule has 1 aliphatic heterocycles. The molecule has 0 aromatic heterocycles. The average Bonchev–Trinajstić information content (AvgIpc) is 2.88. The molecule has 0 aliphatic carbocycles. The molecule has 2 aromatic rings. The number of ether oxygens (including phenoxy) is 1. The van der Waals surface area contributed by atoms with E-state index in [2.05, 4.69) is 48.5 Å². The summed E-state index contributed by atoms with van der Waals surface area (Å²) < 4.78 is 5.46. The summed E-state index contributed by atoms with van der Waals surface area (Å²) in [5.74, 6) is 0. The summed E-state index contributed by atoms with van der Waals surface area (Å²) in [6, 6.07) is 20.9. The van der Waals surface area contributed by atoms with E-state index in [1.54, 1.807) is 0 Å². The Morgan fingerprint density at radius 1 is 0.842 bits per heavy atom. The van der Waals surface area contributed by atoms with Gasteiger partial charge in [-0.1, -0.05) is 60.7 Å². The molecule has 2 atom stereocenters. The molecule has 3 rings (SSSR count). The van der Waals surface area contributed by atoms with E-state index >= 15 is 0 Å². The van der Waals surface area contributed by atoms with Gasteiger partial charge in [0.1, 0.15) is 0 Å². The summed E-state index contributed by atoms with van der Waals surface area (Å²) in [6.07, 6.45) is -0.355. The Hall–Kier alpha value is -1.21. The van der Waals surface area contributed by atoms with Crippen LogP contribution in [-0.2, 0) is 4.74 Å². The van der Waals surface area contributed by atoms with Crippen molar-refractivity contribution in [2.45, 2.75) is 11.8 Å². The van der Waals surface area contributed by atoms with Crippen molar-refractivity contribution in [3.63, 3.8) is 0 Å². The second-order valence-corrected chi connectivity index (χ2v) is 7.15. The Morgan fingerprint density at radius 2 is 1.37 bits per heavy atom. The van der Waals surface area contributed by atoms with Gasteiger partial charge >= 0.3 is 0 Å². The molecule has 1 saturated heterocycles. The molecule has 0 radical (unpaired) electrons. The molecular formula is C16H17O2P. The third-order valence-electron chi connectivity index (χ3n) is 3.42. The van der Waals surface area contributed by atoms with Crippen LogP contribution in [0.5, 0.6) is 0 Å². The highest BCUT2D eigenvalue weighted by molar-refractivity contribution is 7.73. The predicted octanol–water partition coefficient (Wildman–Crippen LogP) is 1.88. The fourth-order valence-corrected chi connectivity index (χ4v) is 5.22. The largest absolute Gasteiger partial charge is 0.390 e. The predicted molar refractivity (Wildman–Crippen MR) is 79.7 cm³/mol. The van der Waals surface area contributed by atoms with Crippen LogP contribution in [-0.4, -0.2) is 30.1 Å². The Labute approximate surface area is 114 Å². The fraction of sp³-hybridized carbons (Fsp3) is 0.250. The number of rotatable bonds is 3. The molecule has 0 unspecified atom stereocenters. The molecular weight excluding hydrogens is 255 g/mol. The standard InChI is InChI=1S/C16H17O2P/c17-15-11-18-12-16(15)19(13-7-3-1-4-8-13)14-9-5-2-6-10-14/h1-10,15-17H,11-12H2/t15-,16-/m1/s1. The first-order valence-electron chi connectivity index (χ1n) is 6.51. The van der Waals surface area contributed by atoms with Gasteiger partial charge in [0.25, 0.3) is 0 Å². The van der Waals surface area contributed by atoms with Crippen molar-refractivity contribution in [1.29, 1.82) is 0 Å². The van der Waals surface area contributed by atoms with Gasteiger partial charge < -0.3 is 9.84 Å². The molecule has 0 amide bonds. The maximum Gasteiger partial charge on any atom is 0.0868 e. The van der Waals surface area contributed by atoms with Crippen LogP contribution in [0.4, 0.5) is 0 Å². The van der Waals surface area contributed by atoms with Gasteiger partial charge in [0, 0.05) is 5.66 Å². The lowest BCUT2D eigenvalue weighted by atomic mass is 10.3. The molecule has 98 valence electrons. The maximum absolute atomic E-state index is 10.2. The van der Waals surface area contributed by atoms with Crippen LogP contribution >= 0.6 is 7.92 Å². The van der Waals surface area contributed by atoms with Crippen molar-refractivity contribution in [2.24, 2.45) is 0 Å². The molecule has 1 aliphatic rings. The first-order chi connectivity index (χ1) is 9.36. The summed E-state index contributed by atoms with van der Waals surface area (Å²) in [7, 11) is -0.566. The van der Waals surface area contributed by atoms with E-state index in [0.717, 1.165) is 0 Å². The van der Waals surface area contributed by atoms with Gasteiger partial charge in [0.05, 0.1) is 19.3 Å². The maximum atomic E-state index is 10.2. The van der Waals surface area contributed by atoms with Crippen LogP contribution in [0.1, 0.15) is 0 Å². The lowest BCUT2D eigenvalue weighted by Gasteiger charge is -2.26. The van der Waals surface area contributed by atoms with Crippen LogP contribution in [0.25, 0.3) is 0 Å². The summed E-state index contributed by atoms with van der Waals surface area (Å²) in [4.78, 5) is 0. The molecule has 1 N–H and O–H groups in total. The van der Waals surface area contributed by atoms with Crippen molar-refractivity contribution in [2.75, 3.05) is 13.2 Å². The average molecular weight is 272 g/mol. The van der Waals surface area contributed by atoms with E-state index in [1.807, 2.05) is 12.1 Å². The normalized spacial score (nSPS) is 22.8. The number of aliphatic hydroxyl groups excluding tert-OH is 1. The van der Waals surface area contributed by atoms with Crippen LogP contribution in [0.2, 0.25) is 0 Å². The fourth-order valence-electron chi connectivity index (χ4n) is 2.49. The van der Waals surface area contributed by atoms with Crippen LogP contribution < -0.4 is 10.6 Å². The molecule has 19 heavy (non-hydrogen) atoms. The molecule has 0 spiro atoms. The smallest absolute Gasteiger partial charge is 0.0868 e. The zero-order valence-corrected chi connectivity index (χ0v) is 11.5. The van der Waals surface area contributed by atoms with E-state index < -0.39 is 7.92 Å². The van der Waals surface area contributed by atoms with E-state index in [-0.39, 0.29) is 11.8 Å². The van der Waals surface area contributed by atoms with Crippen molar-refractivity contribution in [3.05, 3.63) is 60.7 Å². The highest BCUT2D eigenvalue weighted by Gasteiger charge is 2.34. The van der Waals surface area contributed by atoms with Gasteiger partial charge in [-0.3, -0.25) is 0 Å². The number of hydrogen-bond donors (Lipinski definition) is 1. The minimum absolute atomic E-state index is 0.194. The zero-order valence-electron chi connectivity index (χ0n) is 10.6. The third kappa shape index (κ3) is 2.71. The van der Waals surface area contributed by atoms with Crippen molar-refractivity contribution >= 4 is 18.5 Å². The topological polar surface area (TPSA) is 29.5 Å². The van der Waals surface area contributed by atoms with Gasteiger partial charge in [0.2, 0.25) is 0 Å². The Balaban J connectivity index is 2.01. The van der Waals surface area contributed by atoms with Crippen LogP contribution in [0, 0.1) is 0 Å². The molecule has 1 heterocycles. The second kappa shape index (κ2) is 5.83. The number of aliphatic hydroxyl groups is 1. The summed E-state index contributed by atoms with van der Waals surface area (Å²) in [5.41, 5.74) is 0.194. The van der Waals surface area contributed by atoms with Crippen LogP contribution in [0.3, 0.4) is 0 Å². The third-order valence-corrected chi connectivity index (χ3v) is 6.29. The number of hydrogen-bond acceptors (Lipinski definition) is 2. The minimum Gasteiger partial charge on any atom is -0.390 e. The van der Waals surface area contributed by atoms with Gasteiger partial charge in [-0.2, -0.15) is 0 Å². The Bertz CT molecular complexity index is 475. The lowest BCUT2D eigenvalue weighted by molar-refractivity contribution is 0.127. The van der Waals surface area contributed by atoms with Crippen molar-refractivity contribution in [3.8, 4) is 0 Å². The minimum atomic E-state index is -0.566. The quantitative estimate of drug-likeness (QED) is 0.865. The highest BCUT2D eigenvalue weighted by Crippen LogP contribution is 2.43. The molecule has 1 fully saturated rings. The Morgan fingerprint density at radius 3 is 1.79 bits per heavy atom. The number of benzene rings is 2. The van der Waals surface area contributed by atoms with E-state index in [1.165, 1.54) is 10.6 Å². The van der Waals surface area contributed by atoms with Crippen LogP contribution in [0.15, 0.2) is 60.7 Å². The first kappa shape index (κ1) is 12.8. The SMILES string of the molecule is O[C@@H]1COC[C@H]1P(c1ccccc1)c1ccccc1. The summed E-state index contributed by atoms with van der Waals surface area (Å²) >= 11 is 0. The molecule has 0 bridgehead atoms. The Kier molecular flexibility index (Phi) is 3.93. The van der Waals surface area contributed by atoms with Gasteiger partial charge in [-0.05, 0) is 18.5 Å². The zero-order chi connectivity index (χ0) is 13.1. The van der Waals surface area contributed by atoms with E-state index in [4.69, 9.17) is 4.74 Å². The van der Waals surface area contributed by atoms with Crippen molar-refractivity contribution in [1.82, 2.24) is 0 Å². The second-order valence-electron chi connectivity index (χ2n) is 4.71. The van der Waals surface area contributed by atoms with Gasteiger partial charge in [-0.25, -0.2) is 0 Å².